The average Bonchev–Trinajstić information content (AvgIpc) is 2.35. The lowest BCUT2D eigenvalue weighted by molar-refractivity contribution is -0.145. The fourth-order valence-corrected chi connectivity index (χ4v) is 1.70. The zero-order valence-electron chi connectivity index (χ0n) is 10.2. The number of carbonyl (C=O) groups excluding carboxylic acids is 1. The van der Waals surface area contributed by atoms with Crippen LogP contribution in [-0.4, -0.2) is 20.2 Å². The van der Waals surface area contributed by atoms with Crippen LogP contribution in [0.2, 0.25) is 0 Å². The van der Waals surface area contributed by atoms with Gasteiger partial charge in [-0.15, -0.1) is 0 Å². The van der Waals surface area contributed by atoms with Gasteiger partial charge in [0.05, 0.1) is 20.1 Å². The number of carbonyl (C=O) groups is 1. The van der Waals surface area contributed by atoms with Gasteiger partial charge in [0.15, 0.2) is 0 Å². The second kappa shape index (κ2) is 5.54. The molecule has 0 fully saturated rings. The lowest BCUT2D eigenvalue weighted by Gasteiger charge is -2.20. The normalized spacial score (nSPS) is 14.0. The van der Waals surface area contributed by atoms with Gasteiger partial charge in [0.2, 0.25) is 0 Å². The van der Waals surface area contributed by atoms with Crippen molar-refractivity contribution in [2.45, 2.75) is 19.8 Å². The lowest BCUT2D eigenvalue weighted by atomic mass is 9.88. The predicted molar refractivity (Wildman–Crippen MR) is 62.6 cm³/mol. The van der Waals surface area contributed by atoms with E-state index in [-0.39, 0.29) is 17.8 Å². The van der Waals surface area contributed by atoms with Gasteiger partial charge in [0.1, 0.15) is 5.75 Å². The number of para-hydroxylation sites is 1. The first kappa shape index (κ1) is 12.6. The zero-order chi connectivity index (χ0) is 12.1. The summed E-state index contributed by atoms with van der Waals surface area (Å²) in [5.74, 6) is 0.508. The van der Waals surface area contributed by atoms with Crippen molar-refractivity contribution >= 4 is 5.97 Å². The molecule has 0 aromatic heterocycles. The molecule has 0 aliphatic carbocycles. The van der Waals surface area contributed by atoms with E-state index in [0.717, 1.165) is 11.3 Å². The monoisotopic (exact) mass is 222 g/mol. The van der Waals surface area contributed by atoms with E-state index >= 15 is 0 Å². The summed E-state index contributed by atoms with van der Waals surface area (Å²) in [6.45, 7) is 3.86. The molecule has 3 nitrogen and oxygen atoms in total. The Morgan fingerprint density at radius 2 is 1.81 bits per heavy atom. The topological polar surface area (TPSA) is 35.5 Å². The molecule has 0 aliphatic rings. The number of methoxy groups -OCH3 is 2. The fourth-order valence-electron chi connectivity index (χ4n) is 1.70. The second-order valence-electron chi connectivity index (χ2n) is 3.84. The largest absolute Gasteiger partial charge is 0.496 e. The third-order valence-corrected chi connectivity index (χ3v) is 2.95. The molecule has 0 N–H and O–H groups in total. The predicted octanol–water partition coefficient (Wildman–Crippen LogP) is 2.61. The maximum Gasteiger partial charge on any atom is 0.308 e. The summed E-state index contributed by atoms with van der Waals surface area (Å²) in [6, 6.07) is 7.73. The fraction of sp³-hybridized carbons (Fsp3) is 0.462. The van der Waals surface area contributed by atoms with Crippen molar-refractivity contribution in [1.82, 2.24) is 0 Å². The van der Waals surface area contributed by atoms with Gasteiger partial charge in [-0.2, -0.15) is 0 Å². The van der Waals surface area contributed by atoms with Gasteiger partial charge >= 0.3 is 5.97 Å². The van der Waals surface area contributed by atoms with E-state index in [1.807, 2.05) is 38.1 Å². The maximum absolute atomic E-state index is 11.5. The number of hydrogen-bond donors (Lipinski definition) is 0. The molecule has 2 atom stereocenters. The Hall–Kier alpha value is -1.51. The number of rotatable bonds is 4. The van der Waals surface area contributed by atoms with E-state index in [0.29, 0.717) is 0 Å². The molecule has 0 amide bonds. The van der Waals surface area contributed by atoms with Crippen LogP contribution < -0.4 is 4.74 Å². The first-order valence-corrected chi connectivity index (χ1v) is 5.32. The Morgan fingerprint density at radius 1 is 1.19 bits per heavy atom. The van der Waals surface area contributed by atoms with Crippen molar-refractivity contribution in [3.8, 4) is 5.75 Å². The minimum absolute atomic E-state index is 0.0728. The SMILES string of the molecule is COC(=O)C(C)C(C)c1ccccc1OC. The van der Waals surface area contributed by atoms with Gasteiger partial charge in [0.25, 0.3) is 0 Å². The molecule has 0 heterocycles. The molecular weight excluding hydrogens is 204 g/mol. The minimum atomic E-state index is -0.196. The summed E-state index contributed by atoms with van der Waals surface area (Å²) < 4.78 is 10.0. The van der Waals surface area contributed by atoms with E-state index in [1.165, 1.54) is 7.11 Å². The molecule has 2 unspecified atom stereocenters. The van der Waals surface area contributed by atoms with Gasteiger partial charge in [-0.25, -0.2) is 0 Å². The molecule has 0 saturated heterocycles. The second-order valence-corrected chi connectivity index (χ2v) is 3.84. The Kier molecular flexibility index (Phi) is 4.35. The van der Waals surface area contributed by atoms with E-state index in [1.54, 1.807) is 7.11 Å². The highest BCUT2D eigenvalue weighted by Gasteiger charge is 2.24. The first-order chi connectivity index (χ1) is 7.61. The van der Waals surface area contributed by atoms with E-state index in [9.17, 15) is 4.79 Å². The Morgan fingerprint density at radius 3 is 2.38 bits per heavy atom. The summed E-state index contributed by atoms with van der Waals surface area (Å²) in [6.07, 6.45) is 0. The maximum atomic E-state index is 11.5. The van der Waals surface area contributed by atoms with Gasteiger partial charge in [-0.1, -0.05) is 32.0 Å². The van der Waals surface area contributed by atoms with Crippen molar-refractivity contribution in [2.24, 2.45) is 5.92 Å². The number of ether oxygens (including phenoxy) is 2. The molecule has 0 radical (unpaired) electrons. The molecule has 0 bridgehead atoms. The number of esters is 1. The molecule has 88 valence electrons. The molecule has 0 aliphatic heterocycles. The van der Waals surface area contributed by atoms with Crippen molar-refractivity contribution in [3.63, 3.8) is 0 Å². The van der Waals surface area contributed by atoms with Crippen LogP contribution in [0.1, 0.15) is 25.3 Å². The van der Waals surface area contributed by atoms with E-state index in [4.69, 9.17) is 9.47 Å². The van der Waals surface area contributed by atoms with Crippen LogP contribution in [0.25, 0.3) is 0 Å². The van der Waals surface area contributed by atoms with Crippen LogP contribution >= 0.6 is 0 Å². The molecule has 1 rings (SSSR count). The smallest absolute Gasteiger partial charge is 0.308 e. The molecule has 0 spiro atoms. The molecule has 16 heavy (non-hydrogen) atoms. The van der Waals surface area contributed by atoms with Crippen LogP contribution in [0.3, 0.4) is 0 Å². The Bertz CT molecular complexity index is 360. The van der Waals surface area contributed by atoms with Crippen LogP contribution in [0, 0.1) is 5.92 Å². The molecule has 3 heteroatoms. The highest BCUT2D eigenvalue weighted by molar-refractivity contribution is 5.73. The average molecular weight is 222 g/mol. The molecule has 0 saturated carbocycles. The van der Waals surface area contributed by atoms with E-state index < -0.39 is 0 Å². The minimum Gasteiger partial charge on any atom is -0.496 e. The van der Waals surface area contributed by atoms with Gasteiger partial charge in [-0.3, -0.25) is 4.79 Å². The summed E-state index contributed by atoms with van der Waals surface area (Å²) in [7, 11) is 3.04. The third kappa shape index (κ3) is 2.54. The highest BCUT2D eigenvalue weighted by Crippen LogP contribution is 2.31. The van der Waals surface area contributed by atoms with Crippen LogP contribution in [0.5, 0.6) is 5.75 Å². The molecule has 1 aromatic carbocycles. The number of hydrogen-bond acceptors (Lipinski definition) is 3. The Balaban J connectivity index is 2.95. The van der Waals surface area contributed by atoms with Crippen molar-refractivity contribution in [1.29, 1.82) is 0 Å². The number of benzene rings is 1. The summed E-state index contributed by atoms with van der Waals surface area (Å²) >= 11 is 0. The van der Waals surface area contributed by atoms with E-state index in [2.05, 4.69) is 0 Å². The summed E-state index contributed by atoms with van der Waals surface area (Å²) in [5.41, 5.74) is 1.03. The van der Waals surface area contributed by atoms with Crippen LogP contribution in [-0.2, 0) is 9.53 Å². The standard InChI is InChI=1S/C13H18O3/c1-9(10(2)13(14)16-4)11-7-5-6-8-12(11)15-3/h5-10H,1-4H3. The van der Waals surface area contributed by atoms with Crippen LogP contribution in [0.15, 0.2) is 24.3 Å². The molecular formula is C13H18O3. The summed E-state index contributed by atoms with van der Waals surface area (Å²) in [5, 5.41) is 0. The van der Waals surface area contributed by atoms with Gasteiger partial charge in [-0.05, 0) is 17.5 Å². The highest BCUT2D eigenvalue weighted by atomic mass is 16.5. The van der Waals surface area contributed by atoms with Crippen molar-refractivity contribution < 1.29 is 14.3 Å². The van der Waals surface area contributed by atoms with Crippen LogP contribution in [0.4, 0.5) is 0 Å². The molecule has 1 aromatic rings. The third-order valence-electron chi connectivity index (χ3n) is 2.95. The van der Waals surface area contributed by atoms with Gasteiger partial charge < -0.3 is 9.47 Å². The van der Waals surface area contributed by atoms with Crippen molar-refractivity contribution in [3.05, 3.63) is 29.8 Å². The Labute approximate surface area is 96.4 Å². The lowest BCUT2D eigenvalue weighted by Crippen LogP contribution is -2.19. The summed E-state index contributed by atoms with van der Waals surface area (Å²) in [4.78, 5) is 11.5. The first-order valence-electron chi connectivity index (χ1n) is 5.32. The quantitative estimate of drug-likeness (QED) is 0.734. The van der Waals surface area contributed by atoms with Crippen molar-refractivity contribution in [2.75, 3.05) is 14.2 Å². The van der Waals surface area contributed by atoms with Gasteiger partial charge in [0, 0.05) is 0 Å². The zero-order valence-corrected chi connectivity index (χ0v) is 10.2.